The molecule has 7 nitrogen and oxygen atoms in total. The predicted molar refractivity (Wildman–Crippen MR) is 90.3 cm³/mol. The third-order valence-corrected chi connectivity index (χ3v) is 5.23. The van der Waals surface area contributed by atoms with E-state index in [9.17, 15) is 18.0 Å². The van der Waals surface area contributed by atoms with E-state index in [1.54, 1.807) is 5.38 Å². The number of carbonyl (C=O) groups excluding carboxylic acids is 2. The minimum absolute atomic E-state index is 0.0437. The number of rotatable bonds is 5. The zero-order chi connectivity index (χ0) is 17.0. The highest BCUT2D eigenvalue weighted by atomic mass is 79.9. The molecule has 1 heterocycles. The lowest BCUT2D eigenvalue weighted by atomic mass is 10.2. The Morgan fingerprint density at radius 3 is 2.70 bits per heavy atom. The molecule has 2 N–H and O–H groups in total. The molecule has 0 aliphatic carbocycles. The first-order chi connectivity index (χ1) is 10.8. The second-order valence-electron chi connectivity index (χ2n) is 4.51. The van der Waals surface area contributed by atoms with Gasteiger partial charge in [0.05, 0.1) is 11.4 Å². The van der Waals surface area contributed by atoms with Crippen molar-refractivity contribution in [2.45, 2.75) is 4.90 Å². The van der Waals surface area contributed by atoms with Gasteiger partial charge in [-0.15, -0.1) is 11.3 Å². The van der Waals surface area contributed by atoms with Crippen LogP contribution in [0.3, 0.4) is 0 Å². The van der Waals surface area contributed by atoms with Crippen LogP contribution in [0.2, 0.25) is 0 Å². The van der Waals surface area contributed by atoms with E-state index >= 15 is 0 Å². The lowest BCUT2D eigenvalue weighted by molar-refractivity contribution is -0.115. The SMILES string of the molecule is CS(=O)(=O)c1cccc(C(=O)NCC(=O)Nc2nc(Br)cs2)c1. The monoisotopic (exact) mass is 417 g/mol. The van der Waals surface area contributed by atoms with Gasteiger partial charge in [-0.3, -0.25) is 9.59 Å². The van der Waals surface area contributed by atoms with Gasteiger partial charge in [0.15, 0.2) is 15.0 Å². The number of thiazole rings is 1. The molecule has 0 unspecified atom stereocenters. The average molecular weight is 418 g/mol. The Hall–Kier alpha value is -1.78. The van der Waals surface area contributed by atoms with Crippen LogP contribution in [0, 0.1) is 0 Å². The summed E-state index contributed by atoms with van der Waals surface area (Å²) >= 11 is 4.41. The molecule has 0 saturated carbocycles. The molecule has 1 aromatic heterocycles. The number of hydrogen-bond acceptors (Lipinski definition) is 6. The Balaban J connectivity index is 1.96. The number of amides is 2. The van der Waals surface area contributed by atoms with Gasteiger partial charge in [0, 0.05) is 17.2 Å². The smallest absolute Gasteiger partial charge is 0.251 e. The zero-order valence-electron chi connectivity index (χ0n) is 11.9. The predicted octanol–water partition coefficient (Wildman–Crippen LogP) is 1.68. The van der Waals surface area contributed by atoms with E-state index in [0.29, 0.717) is 9.73 Å². The molecule has 1 aromatic carbocycles. The number of sulfone groups is 1. The van der Waals surface area contributed by atoms with E-state index in [4.69, 9.17) is 0 Å². The summed E-state index contributed by atoms with van der Waals surface area (Å²) in [7, 11) is -3.40. The summed E-state index contributed by atoms with van der Waals surface area (Å²) in [6, 6.07) is 5.61. The fourth-order valence-electron chi connectivity index (χ4n) is 1.61. The third kappa shape index (κ3) is 5.12. The van der Waals surface area contributed by atoms with Gasteiger partial charge in [0.25, 0.3) is 5.91 Å². The Morgan fingerprint density at radius 1 is 1.35 bits per heavy atom. The zero-order valence-corrected chi connectivity index (χ0v) is 15.1. The normalized spacial score (nSPS) is 11.0. The maximum atomic E-state index is 12.0. The van der Waals surface area contributed by atoms with Gasteiger partial charge in [-0.2, -0.15) is 0 Å². The molecular formula is C13H12BrN3O4S2. The van der Waals surface area contributed by atoms with Crippen molar-refractivity contribution in [1.82, 2.24) is 10.3 Å². The lowest BCUT2D eigenvalue weighted by Gasteiger charge is -2.06. The number of benzene rings is 1. The van der Waals surface area contributed by atoms with Crippen LogP contribution in [-0.4, -0.2) is 38.0 Å². The highest BCUT2D eigenvalue weighted by Gasteiger charge is 2.13. The topological polar surface area (TPSA) is 105 Å². The number of halogens is 1. The van der Waals surface area contributed by atoms with E-state index in [1.165, 1.54) is 35.6 Å². The van der Waals surface area contributed by atoms with Crippen molar-refractivity contribution < 1.29 is 18.0 Å². The van der Waals surface area contributed by atoms with Crippen LogP contribution in [-0.2, 0) is 14.6 Å². The van der Waals surface area contributed by atoms with E-state index in [1.807, 2.05) is 0 Å². The molecule has 122 valence electrons. The van der Waals surface area contributed by atoms with Crippen molar-refractivity contribution in [3.8, 4) is 0 Å². The Morgan fingerprint density at radius 2 is 2.09 bits per heavy atom. The van der Waals surface area contributed by atoms with Gasteiger partial charge in [-0.1, -0.05) is 6.07 Å². The van der Waals surface area contributed by atoms with Crippen molar-refractivity contribution in [1.29, 1.82) is 0 Å². The first-order valence-electron chi connectivity index (χ1n) is 6.25. The largest absolute Gasteiger partial charge is 0.343 e. The standard InChI is InChI=1S/C13H12BrN3O4S2/c1-23(20,21)9-4-2-3-8(5-9)12(19)15-6-11(18)17-13-16-10(14)7-22-13/h2-5,7H,6H2,1H3,(H,15,19)(H,16,17,18). The second-order valence-corrected chi connectivity index (χ2v) is 8.19. The number of anilines is 1. The maximum absolute atomic E-state index is 12.0. The van der Waals surface area contributed by atoms with Crippen LogP contribution in [0.15, 0.2) is 39.1 Å². The van der Waals surface area contributed by atoms with Gasteiger partial charge < -0.3 is 10.6 Å². The number of carbonyl (C=O) groups is 2. The number of hydrogen-bond donors (Lipinski definition) is 2. The van der Waals surface area contributed by atoms with E-state index in [2.05, 4.69) is 31.5 Å². The molecule has 0 bridgehead atoms. The van der Waals surface area contributed by atoms with Gasteiger partial charge in [-0.25, -0.2) is 13.4 Å². The van der Waals surface area contributed by atoms with Crippen LogP contribution < -0.4 is 10.6 Å². The number of nitrogens with zero attached hydrogens (tertiary/aromatic N) is 1. The molecule has 0 spiro atoms. The summed E-state index contributed by atoms with van der Waals surface area (Å²) in [5.41, 5.74) is 0.165. The Kier molecular flexibility index (Phi) is 5.50. The summed E-state index contributed by atoms with van der Waals surface area (Å²) in [6.45, 7) is -0.251. The second kappa shape index (κ2) is 7.20. The van der Waals surface area contributed by atoms with Gasteiger partial charge in [0.2, 0.25) is 5.91 Å². The third-order valence-electron chi connectivity index (χ3n) is 2.66. The van der Waals surface area contributed by atoms with E-state index in [0.717, 1.165) is 6.26 Å². The van der Waals surface area contributed by atoms with E-state index < -0.39 is 21.7 Å². The number of aromatic nitrogens is 1. The van der Waals surface area contributed by atoms with Gasteiger partial charge >= 0.3 is 0 Å². The molecule has 0 fully saturated rings. The maximum Gasteiger partial charge on any atom is 0.251 e. The van der Waals surface area contributed by atoms with Gasteiger partial charge in [-0.05, 0) is 34.1 Å². The van der Waals surface area contributed by atoms with Crippen LogP contribution in [0.5, 0.6) is 0 Å². The molecule has 0 saturated heterocycles. The summed E-state index contributed by atoms with van der Waals surface area (Å²) in [4.78, 5) is 27.7. The molecule has 0 aliphatic rings. The summed E-state index contributed by atoms with van der Waals surface area (Å²) in [6.07, 6.45) is 1.06. The summed E-state index contributed by atoms with van der Waals surface area (Å²) < 4.78 is 23.6. The van der Waals surface area contributed by atoms with Crippen LogP contribution >= 0.6 is 27.3 Å². The van der Waals surface area contributed by atoms with Gasteiger partial charge in [0.1, 0.15) is 4.60 Å². The molecule has 2 amide bonds. The van der Waals surface area contributed by atoms with Crippen molar-refractivity contribution in [3.63, 3.8) is 0 Å². The minimum atomic E-state index is -3.40. The Bertz CT molecular complexity index is 848. The molecule has 2 aromatic rings. The highest BCUT2D eigenvalue weighted by Crippen LogP contribution is 2.19. The first-order valence-corrected chi connectivity index (χ1v) is 9.81. The molecule has 0 atom stereocenters. The van der Waals surface area contributed by atoms with Crippen LogP contribution in [0.1, 0.15) is 10.4 Å². The molecule has 23 heavy (non-hydrogen) atoms. The fraction of sp³-hybridized carbons (Fsp3) is 0.154. The minimum Gasteiger partial charge on any atom is -0.343 e. The Labute approximate surface area is 145 Å². The number of nitrogens with one attached hydrogen (secondary N) is 2. The summed E-state index contributed by atoms with van der Waals surface area (Å²) in [5.74, 6) is -0.967. The highest BCUT2D eigenvalue weighted by molar-refractivity contribution is 9.10. The molecule has 10 heteroatoms. The molecule has 0 aliphatic heterocycles. The van der Waals surface area contributed by atoms with E-state index in [-0.39, 0.29) is 17.0 Å². The van der Waals surface area contributed by atoms with Crippen molar-refractivity contribution in [2.75, 3.05) is 18.1 Å². The summed E-state index contributed by atoms with van der Waals surface area (Å²) in [5, 5.41) is 7.08. The molecular weight excluding hydrogens is 406 g/mol. The molecule has 2 rings (SSSR count). The van der Waals surface area contributed by atoms with Crippen LogP contribution in [0.25, 0.3) is 0 Å². The lowest BCUT2D eigenvalue weighted by Crippen LogP contribution is -2.32. The quantitative estimate of drug-likeness (QED) is 0.769. The van der Waals surface area contributed by atoms with Crippen molar-refractivity contribution in [2.24, 2.45) is 0 Å². The average Bonchev–Trinajstić information content (AvgIpc) is 2.89. The fourth-order valence-corrected chi connectivity index (χ4v) is 3.43. The van der Waals surface area contributed by atoms with Crippen molar-refractivity contribution in [3.05, 3.63) is 39.8 Å². The molecule has 0 radical (unpaired) electrons. The first kappa shape index (κ1) is 17.6. The van der Waals surface area contributed by atoms with Crippen LogP contribution in [0.4, 0.5) is 5.13 Å². The van der Waals surface area contributed by atoms with Crippen molar-refractivity contribution >= 4 is 54.0 Å².